The molecule has 2 aromatic carbocycles. The number of imidazole rings is 1. The lowest BCUT2D eigenvalue weighted by Crippen LogP contribution is -2.30. The molecular weight excluding hydrogens is 366 g/mol. The van der Waals surface area contributed by atoms with Crippen LogP contribution in [0.1, 0.15) is 31.8 Å². The number of hydrogen-bond donors (Lipinski definition) is 1. The normalized spacial score (nSPS) is 10.8. The van der Waals surface area contributed by atoms with Crippen molar-refractivity contribution in [2.45, 2.75) is 13.1 Å². The molecule has 0 unspecified atom stereocenters. The minimum absolute atomic E-state index is 0.105. The average molecular weight is 385 g/mol. The highest BCUT2D eigenvalue weighted by atomic mass is 16.4. The molecule has 2 heterocycles. The Kier molecular flexibility index (Phi) is 5.07. The molecule has 0 radical (unpaired) electrons. The third kappa shape index (κ3) is 4.16. The van der Waals surface area contributed by atoms with E-state index < -0.39 is 5.97 Å². The molecule has 0 aliphatic rings. The summed E-state index contributed by atoms with van der Waals surface area (Å²) >= 11 is 0. The highest BCUT2D eigenvalue weighted by molar-refractivity contribution is 5.94. The van der Waals surface area contributed by atoms with Gasteiger partial charge in [-0.2, -0.15) is 0 Å². The summed E-state index contributed by atoms with van der Waals surface area (Å²) in [4.78, 5) is 30.3. The third-order valence-electron chi connectivity index (χ3n) is 4.71. The van der Waals surface area contributed by atoms with Gasteiger partial charge in [0.1, 0.15) is 5.65 Å². The number of aromatic nitrogens is 2. The minimum Gasteiger partial charge on any atom is -0.478 e. The number of amides is 1. The maximum atomic E-state index is 13.3. The monoisotopic (exact) mass is 385 g/mol. The molecule has 0 saturated carbocycles. The molecule has 4 rings (SSSR count). The van der Waals surface area contributed by atoms with Crippen LogP contribution < -0.4 is 0 Å². The summed E-state index contributed by atoms with van der Waals surface area (Å²) in [5.41, 5.74) is 3.45. The van der Waals surface area contributed by atoms with Crippen molar-refractivity contribution in [3.05, 3.63) is 108 Å². The average Bonchev–Trinajstić information content (AvgIpc) is 3.22. The Morgan fingerprint density at radius 2 is 1.52 bits per heavy atom. The number of nitrogens with zero attached hydrogens (tertiary/aromatic N) is 3. The molecule has 0 saturated heterocycles. The van der Waals surface area contributed by atoms with Crippen LogP contribution in [0.3, 0.4) is 0 Å². The van der Waals surface area contributed by atoms with Gasteiger partial charge in [-0.15, -0.1) is 0 Å². The zero-order valence-corrected chi connectivity index (χ0v) is 15.6. The fourth-order valence-electron chi connectivity index (χ4n) is 3.21. The summed E-state index contributed by atoms with van der Waals surface area (Å²) in [5.74, 6) is -1.07. The molecule has 1 amide bonds. The van der Waals surface area contributed by atoms with Gasteiger partial charge in [0.2, 0.25) is 0 Å². The van der Waals surface area contributed by atoms with Gasteiger partial charge in [-0.05, 0) is 35.4 Å². The number of carboxylic acid groups (broad SMARTS) is 1. The number of hydrogen-bond acceptors (Lipinski definition) is 3. The Balaban J connectivity index is 1.63. The van der Waals surface area contributed by atoms with Crippen molar-refractivity contribution in [2.75, 3.05) is 0 Å². The van der Waals surface area contributed by atoms with Crippen LogP contribution in [-0.4, -0.2) is 31.3 Å². The largest absolute Gasteiger partial charge is 0.478 e. The Labute approximate surface area is 167 Å². The first kappa shape index (κ1) is 18.4. The van der Waals surface area contributed by atoms with Gasteiger partial charge in [0.25, 0.3) is 5.91 Å². The number of pyridine rings is 1. The molecule has 0 aliphatic heterocycles. The molecular formula is C23H19N3O3. The van der Waals surface area contributed by atoms with Gasteiger partial charge >= 0.3 is 5.97 Å². The summed E-state index contributed by atoms with van der Waals surface area (Å²) in [6.45, 7) is 0.817. The molecule has 6 nitrogen and oxygen atoms in total. The predicted molar refractivity (Wildman–Crippen MR) is 109 cm³/mol. The van der Waals surface area contributed by atoms with Crippen LogP contribution in [0.4, 0.5) is 0 Å². The van der Waals surface area contributed by atoms with Crippen LogP contribution in [0, 0.1) is 0 Å². The number of aromatic carboxylic acids is 1. The standard InChI is InChI=1S/C23H19N3O3/c27-22(20-10-11-21-24-12-13-25(21)16-20)26(14-17-4-2-1-3-5-17)15-18-6-8-19(9-7-18)23(28)29/h1-13,16H,14-15H2,(H,28,29). The van der Waals surface area contributed by atoms with E-state index in [2.05, 4.69) is 4.98 Å². The highest BCUT2D eigenvalue weighted by Gasteiger charge is 2.18. The van der Waals surface area contributed by atoms with Crippen LogP contribution in [-0.2, 0) is 13.1 Å². The topological polar surface area (TPSA) is 74.9 Å². The number of fused-ring (bicyclic) bond motifs is 1. The lowest BCUT2D eigenvalue weighted by atomic mass is 10.1. The van der Waals surface area contributed by atoms with Crippen LogP contribution >= 0.6 is 0 Å². The smallest absolute Gasteiger partial charge is 0.335 e. The van der Waals surface area contributed by atoms with Crippen molar-refractivity contribution in [3.8, 4) is 0 Å². The van der Waals surface area contributed by atoms with Crippen molar-refractivity contribution < 1.29 is 14.7 Å². The zero-order valence-electron chi connectivity index (χ0n) is 15.6. The Morgan fingerprint density at radius 1 is 0.862 bits per heavy atom. The Bertz CT molecular complexity index is 1150. The summed E-state index contributed by atoms with van der Waals surface area (Å²) in [6, 6.07) is 20.0. The fraction of sp³-hybridized carbons (Fsp3) is 0.0870. The SMILES string of the molecule is O=C(O)c1ccc(CN(Cc2ccccc2)C(=O)c2ccc3nccn3c2)cc1. The minimum atomic E-state index is -0.970. The zero-order chi connectivity index (χ0) is 20.2. The first-order chi connectivity index (χ1) is 14.1. The molecule has 144 valence electrons. The summed E-state index contributed by atoms with van der Waals surface area (Å²) < 4.78 is 1.82. The number of benzene rings is 2. The molecule has 0 aliphatic carbocycles. The number of carbonyl (C=O) groups excluding carboxylic acids is 1. The number of rotatable bonds is 6. The van der Waals surface area contributed by atoms with Gasteiger partial charge in [-0.3, -0.25) is 4.79 Å². The van der Waals surface area contributed by atoms with E-state index >= 15 is 0 Å². The van der Waals surface area contributed by atoms with Gasteiger partial charge in [-0.1, -0.05) is 42.5 Å². The second kappa shape index (κ2) is 7.98. The van der Waals surface area contributed by atoms with Gasteiger partial charge < -0.3 is 14.4 Å². The lowest BCUT2D eigenvalue weighted by Gasteiger charge is -2.23. The van der Waals surface area contributed by atoms with E-state index in [0.717, 1.165) is 16.8 Å². The maximum absolute atomic E-state index is 13.3. The van der Waals surface area contributed by atoms with Crippen molar-refractivity contribution in [3.63, 3.8) is 0 Å². The molecule has 6 heteroatoms. The highest BCUT2D eigenvalue weighted by Crippen LogP contribution is 2.16. The van der Waals surface area contributed by atoms with Crippen molar-refractivity contribution in [1.82, 2.24) is 14.3 Å². The first-order valence-corrected chi connectivity index (χ1v) is 9.18. The van der Waals surface area contributed by atoms with Gasteiger partial charge in [0.05, 0.1) is 11.1 Å². The van der Waals surface area contributed by atoms with E-state index in [1.165, 1.54) is 0 Å². The van der Waals surface area contributed by atoms with E-state index in [0.29, 0.717) is 18.7 Å². The molecule has 1 N–H and O–H groups in total. The van der Waals surface area contributed by atoms with Crippen molar-refractivity contribution in [1.29, 1.82) is 0 Å². The van der Waals surface area contributed by atoms with Gasteiger partial charge in [-0.25, -0.2) is 9.78 Å². The third-order valence-corrected chi connectivity index (χ3v) is 4.71. The second-order valence-corrected chi connectivity index (χ2v) is 6.76. The lowest BCUT2D eigenvalue weighted by molar-refractivity contribution is 0.0693. The van der Waals surface area contributed by atoms with Crippen molar-refractivity contribution >= 4 is 17.5 Å². The van der Waals surface area contributed by atoms with Crippen LogP contribution in [0.5, 0.6) is 0 Å². The van der Waals surface area contributed by atoms with Crippen LogP contribution in [0.2, 0.25) is 0 Å². The molecule has 29 heavy (non-hydrogen) atoms. The molecule has 0 bridgehead atoms. The molecule has 0 fully saturated rings. The van der Waals surface area contributed by atoms with E-state index in [1.54, 1.807) is 53.8 Å². The van der Waals surface area contributed by atoms with Crippen molar-refractivity contribution in [2.24, 2.45) is 0 Å². The fourth-order valence-corrected chi connectivity index (χ4v) is 3.21. The molecule has 4 aromatic rings. The van der Waals surface area contributed by atoms with E-state index in [9.17, 15) is 9.59 Å². The Morgan fingerprint density at radius 3 is 2.21 bits per heavy atom. The van der Waals surface area contributed by atoms with E-state index in [-0.39, 0.29) is 11.5 Å². The molecule has 2 aromatic heterocycles. The summed E-state index contributed by atoms with van der Waals surface area (Å²) in [5, 5.41) is 9.09. The van der Waals surface area contributed by atoms with E-state index in [1.807, 2.05) is 40.8 Å². The van der Waals surface area contributed by atoms with Crippen LogP contribution in [0.15, 0.2) is 85.3 Å². The van der Waals surface area contributed by atoms with Gasteiger partial charge in [0, 0.05) is 31.7 Å². The number of carboxylic acids is 1. The van der Waals surface area contributed by atoms with E-state index in [4.69, 9.17) is 5.11 Å². The predicted octanol–water partition coefficient (Wildman–Crippen LogP) is 3.88. The molecule has 0 atom stereocenters. The maximum Gasteiger partial charge on any atom is 0.335 e. The second-order valence-electron chi connectivity index (χ2n) is 6.76. The Hall–Kier alpha value is -3.93. The van der Waals surface area contributed by atoms with Crippen LogP contribution in [0.25, 0.3) is 5.65 Å². The number of carbonyl (C=O) groups is 2. The first-order valence-electron chi connectivity index (χ1n) is 9.18. The molecule has 0 spiro atoms. The van der Waals surface area contributed by atoms with Gasteiger partial charge in [0.15, 0.2) is 0 Å². The quantitative estimate of drug-likeness (QED) is 0.547. The summed E-state index contributed by atoms with van der Waals surface area (Å²) in [7, 11) is 0. The summed E-state index contributed by atoms with van der Waals surface area (Å²) in [6.07, 6.45) is 5.27.